The molecule has 0 fully saturated rings. The molecule has 0 aliphatic rings. The highest BCUT2D eigenvalue weighted by Gasteiger charge is 2.14. The minimum Gasteiger partial charge on any atom is -0.320 e. The lowest BCUT2D eigenvalue weighted by Gasteiger charge is -2.00. The van der Waals surface area contributed by atoms with Crippen LogP contribution in [0.25, 0.3) is 0 Å². The van der Waals surface area contributed by atoms with E-state index >= 15 is 0 Å². The van der Waals surface area contributed by atoms with Gasteiger partial charge in [0, 0.05) is 6.42 Å². The maximum atomic E-state index is 12.2. The van der Waals surface area contributed by atoms with Crippen molar-refractivity contribution in [3.8, 4) is 0 Å². The summed E-state index contributed by atoms with van der Waals surface area (Å²) in [7, 11) is 1.79. The number of nitrogens with zero attached hydrogens (tertiary/aromatic N) is 2. The number of hydrogen-bond acceptors (Lipinski definition) is 5. The topological polar surface area (TPSA) is 66.9 Å². The second-order valence-electron chi connectivity index (χ2n) is 3.00. The van der Waals surface area contributed by atoms with Gasteiger partial charge in [0.15, 0.2) is 5.01 Å². The molecular formula is C8H12F2N4OS. The van der Waals surface area contributed by atoms with Gasteiger partial charge in [-0.3, -0.25) is 4.79 Å². The van der Waals surface area contributed by atoms with Crippen LogP contribution in [0.3, 0.4) is 0 Å². The van der Waals surface area contributed by atoms with Crippen molar-refractivity contribution < 1.29 is 13.6 Å². The van der Waals surface area contributed by atoms with E-state index in [9.17, 15) is 13.6 Å². The number of carbonyl (C=O) groups is 1. The van der Waals surface area contributed by atoms with E-state index in [-0.39, 0.29) is 16.0 Å². The lowest BCUT2D eigenvalue weighted by atomic mass is 10.3. The first-order chi connectivity index (χ1) is 7.63. The Kier molecular flexibility index (Phi) is 5.20. The fourth-order valence-electron chi connectivity index (χ4n) is 0.981. The molecule has 0 aliphatic carbocycles. The number of rotatable bonds is 6. The average molecular weight is 250 g/mol. The summed E-state index contributed by atoms with van der Waals surface area (Å²) in [6.45, 7) is 0.728. The van der Waals surface area contributed by atoms with Gasteiger partial charge in [0.25, 0.3) is 6.43 Å². The maximum absolute atomic E-state index is 12.2. The monoisotopic (exact) mass is 250 g/mol. The standard InChI is InChI=1S/C8H12F2N4OS/c1-11-4-2-3-5(15)12-8-14-13-7(16-8)6(9)10/h6,11H,2-4H2,1H3,(H,12,14,15). The van der Waals surface area contributed by atoms with Gasteiger partial charge in [-0.2, -0.15) is 0 Å². The Morgan fingerprint density at radius 1 is 1.50 bits per heavy atom. The van der Waals surface area contributed by atoms with Gasteiger partial charge in [-0.1, -0.05) is 11.3 Å². The number of anilines is 1. The summed E-state index contributed by atoms with van der Waals surface area (Å²) in [6.07, 6.45) is -1.64. The fraction of sp³-hybridized carbons (Fsp3) is 0.625. The second-order valence-corrected chi connectivity index (χ2v) is 4.01. The van der Waals surface area contributed by atoms with Crippen LogP contribution in [0, 0.1) is 0 Å². The van der Waals surface area contributed by atoms with E-state index < -0.39 is 6.43 Å². The molecule has 1 heterocycles. The normalized spacial score (nSPS) is 10.8. The van der Waals surface area contributed by atoms with Crippen molar-refractivity contribution >= 4 is 22.4 Å². The lowest BCUT2D eigenvalue weighted by molar-refractivity contribution is -0.116. The Labute approximate surface area is 95.3 Å². The number of amides is 1. The second kappa shape index (κ2) is 6.44. The number of alkyl halides is 2. The molecule has 5 nitrogen and oxygen atoms in total. The van der Waals surface area contributed by atoms with Gasteiger partial charge in [-0.25, -0.2) is 8.78 Å². The number of hydrogen-bond donors (Lipinski definition) is 2. The van der Waals surface area contributed by atoms with Crippen molar-refractivity contribution in [2.45, 2.75) is 19.3 Å². The molecule has 0 saturated heterocycles. The fourth-order valence-corrected chi connectivity index (χ4v) is 1.60. The predicted molar refractivity (Wildman–Crippen MR) is 56.7 cm³/mol. The zero-order valence-corrected chi connectivity index (χ0v) is 9.48. The van der Waals surface area contributed by atoms with E-state index in [0.717, 1.165) is 6.54 Å². The third-order valence-corrected chi connectivity index (χ3v) is 2.55. The summed E-state index contributed by atoms with van der Waals surface area (Å²) >= 11 is 0.689. The Hall–Kier alpha value is -1.15. The molecule has 0 atom stereocenters. The van der Waals surface area contributed by atoms with Gasteiger partial charge in [0.2, 0.25) is 11.0 Å². The van der Waals surface area contributed by atoms with E-state index in [1.807, 2.05) is 0 Å². The first-order valence-electron chi connectivity index (χ1n) is 4.69. The van der Waals surface area contributed by atoms with Crippen molar-refractivity contribution in [3.05, 3.63) is 5.01 Å². The zero-order valence-electron chi connectivity index (χ0n) is 8.67. The summed E-state index contributed by atoms with van der Waals surface area (Å²) in [5, 5.41) is 11.8. The molecule has 0 bridgehead atoms. The Bertz CT molecular complexity index is 345. The van der Waals surface area contributed by atoms with E-state index in [1.165, 1.54) is 0 Å². The van der Waals surface area contributed by atoms with Crippen LogP contribution in [0.1, 0.15) is 24.3 Å². The Balaban J connectivity index is 2.37. The molecule has 0 spiro atoms. The molecule has 16 heavy (non-hydrogen) atoms. The van der Waals surface area contributed by atoms with Gasteiger partial charge in [0.05, 0.1) is 0 Å². The molecule has 0 radical (unpaired) electrons. The van der Waals surface area contributed by atoms with E-state index in [1.54, 1.807) is 7.05 Å². The zero-order chi connectivity index (χ0) is 12.0. The third kappa shape index (κ3) is 4.15. The molecule has 1 rings (SSSR count). The molecule has 1 aromatic heterocycles. The molecule has 1 amide bonds. The summed E-state index contributed by atoms with van der Waals surface area (Å²) in [5.41, 5.74) is 0. The third-order valence-electron chi connectivity index (χ3n) is 1.70. The lowest BCUT2D eigenvalue weighted by Crippen LogP contribution is -2.15. The Morgan fingerprint density at radius 2 is 2.25 bits per heavy atom. The van der Waals surface area contributed by atoms with Gasteiger partial charge < -0.3 is 10.6 Å². The van der Waals surface area contributed by atoms with Crippen LogP contribution < -0.4 is 10.6 Å². The van der Waals surface area contributed by atoms with E-state index in [0.29, 0.717) is 24.2 Å². The van der Waals surface area contributed by atoms with Crippen molar-refractivity contribution in [2.24, 2.45) is 0 Å². The molecule has 0 aromatic carbocycles. The largest absolute Gasteiger partial charge is 0.320 e. The van der Waals surface area contributed by atoms with Gasteiger partial charge >= 0.3 is 0 Å². The predicted octanol–water partition coefficient (Wildman–Crippen LogP) is 1.41. The molecule has 0 unspecified atom stereocenters. The first kappa shape index (κ1) is 12.9. The highest BCUT2D eigenvalue weighted by molar-refractivity contribution is 7.15. The molecular weight excluding hydrogens is 238 g/mol. The number of halogens is 2. The molecule has 8 heteroatoms. The summed E-state index contributed by atoms with van der Waals surface area (Å²) in [6, 6.07) is 0. The van der Waals surface area contributed by atoms with Gasteiger partial charge in [-0.05, 0) is 20.0 Å². The minimum absolute atomic E-state index is 0.116. The first-order valence-corrected chi connectivity index (χ1v) is 5.51. The van der Waals surface area contributed by atoms with Gasteiger partial charge in [-0.15, -0.1) is 10.2 Å². The molecule has 90 valence electrons. The number of aromatic nitrogens is 2. The van der Waals surface area contributed by atoms with Crippen LogP contribution in [-0.4, -0.2) is 29.7 Å². The molecule has 0 aliphatic heterocycles. The Morgan fingerprint density at radius 3 is 2.81 bits per heavy atom. The highest BCUT2D eigenvalue weighted by atomic mass is 32.1. The van der Waals surface area contributed by atoms with Gasteiger partial charge in [0.1, 0.15) is 0 Å². The number of carbonyl (C=O) groups excluding carboxylic acids is 1. The van der Waals surface area contributed by atoms with Crippen molar-refractivity contribution in [1.82, 2.24) is 15.5 Å². The van der Waals surface area contributed by atoms with Crippen LogP contribution in [0.2, 0.25) is 0 Å². The van der Waals surface area contributed by atoms with E-state index in [2.05, 4.69) is 20.8 Å². The SMILES string of the molecule is CNCCCC(=O)Nc1nnc(C(F)F)s1. The summed E-state index contributed by atoms with van der Waals surface area (Å²) in [4.78, 5) is 11.3. The van der Waals surface area contributed by atoms with Crippen LogP contribution >= 0.6 is 11.3 Å². The average Bonchev–Trinajstić information content (AvgIpc) is 2.66. The maximum Gasteiger partial charge on any atom is 0.291 e. The summed E-state index contributed by atoms with van der Waals surface area (Å²) < 4.78 is 24.3. The van der Waals surface area contributed by atoms with Crippen molar-refractivity contribution in [1.29, 1.82) is 0 Å². The van der Waals surface area contributed by atoms with Crippen molar-refractivity contribution in [2.75, 3.05) is 18.9 Å². The van der Waals surface area contributed by atoms with Crippen LogP contribution in [0.4, 0.5) is 13.9 Å². The van der Waals surface area contributed by atoms with Crippen LogP contribution in [-0.2, 0) is 4.79 Å². The van der Waals surface area contributed by atoms with Crippen molar-refractivity contribution in [3.63, 3.8) is 0 Å². The quantitative estimate of drug-likeness (QED) is 0.749. The summed E-state index contributed by atoms with van der Waals surface area (Å²) in [5.74, 6) is -0.243. The van der Waals surface area contributed by atoms with Crippen LogP contribution in [0.15, 0.2) is 0 Å². The molecule has 0 saturated carbocycles. The molecule has 1 aromatic rings. The smallest absolute Gasteiger partial charge is 0.291 e. The van der Waals surface area contributed by atoms with E-state index in [4.69, 9.17) is 0 Å². The minimum atomic E-state index is -2.65. The highest BCUT2D eigenvalue weighted by Crippen LogP contribution is 2.25. The molecule has 2 N–H and O–H groups in total. The van der Waals surface area contributed by atoms with Crippen LogP contribution in [0.5, 0.6) is 0 Å². The number of nitrogens with one attached hydrogen (secondary N) is 2.